The Morgan fingerprint density at radius 1 is 1.03 bits per heavy atom. The van der Waals surface area contributed by atoms with Crippen molar-refractivity contribution in [2.45, 2.75) is 97.7 Å². The van der Waals surface area contributed by atoms with Crippen molar-refractivity contribution in [3.05, 3.63) is 0 Å². The van der Waals surface area contributed by atoms with Gasteiger partial charge in [0.2, 0.25) is 10.0 Å². The molecule has 0 radical (unpaired) electrons. The average Bonchev–Trinajstić information content (AvgIpc) is 3.11. The van der Waals surface area contributed by atoms with Crippen LogP contribution >= 0.6 is 0 Å². The minimum Gasteiger partial charge on any atom is -0.480 e. The van der Waals surface area contributed by atoms with Crippen LogP contribution in [0.2, 0.25) is 0 Å². The van der Waals surface area contributed by atoms with Gasteiger partial charge in [0.15, 0.2) is 5.75 Å². The normalized spacial score (nSPS) is 46.3. The summed E-state index contributed by atoms with van der Waals surface area (Å²) >= 11 is 0. The quantitative estimate of drug-likeness (QED) is 0.393. The number of aliphatic carboxylic acids is 1. The van der Waals surface area contributed by atoms with Crippen LogP contribution in [-0.2, 0) is 14.8 Å². The zero-order chi connectivity index (χ0) is 25.8. The lowest BCUT2D eigenvalue weighted by Crippen LogP contribution is -2.62. The molecule has 4 aliphatic rings. The summed E-state index contributed by atoms with van der Waals surface area (Å²) < 4.78 is 26.3. The fraction of sp³-hybridized carbons (Fsp3) is 0.963. The zero-order valence-corrected chi connectivity index (χ0v) is 22.8. The number of fused-ring (bicyclic) bond motifs is 5. The van der Waals surface area contributed by atoms with Crippen LogP contribution in [0.4, 0.5) is 0 Å². The molecule has 0 aliphatic heterocycles. The molecule has 11 atom stereocenters. The van der Waals surface area contributed by atoms with E-state index in [1.165, 1.54) is 0 Å². The van der Waals surface area contributed by atoms with E-state index in [1.807, 2.05) is 0 Å². The molecule has 0 unspecified atom stereocenters. The van der Waals surface area contributed by atoms with Crippen molar-refractivity contribution in [2.24, 2.45) is 52.3 Å². The number of hydrogen-bond acceptors (Lipinski definition) is 5. The summed E-state index contributed by atoms with van der Waals surface area (Å²) in [6.07, 6.45) is 8.37. The van der Waals surface area contributed by atoms with Crippen molar-refractivity contribution in [3.8, 4) is 0 Å². The lowest BCUT2D eigenvalue weighted by Gasteiger charge is -2.64. The Morgan fingerprint density at radius 2 is 1.69 bits per heavy atom. The maximum absolute atomic E-state index is 11.9. The van der Waals surface area contributed by atoms with Crippen LogP contribution in [0.25, 0.3) is 0 Å². The molecule has 0 bridgehead atoms. The Kier molecular flexibility index (Phi) is 7.72. The molecule has 0 aromatic carbocycles. The molecule has 4 aliphatic carbocycles. The summed E-state index contributed by atoms with van der Waals surface area (Å²) in [5.41, 5.74) is 0.328. The molecule has 0 saturated heterocycles. The summed E-state index contributed by atoms with van der Waals surface area (Å²) in [5, 5.41) is 31.0. The molecule has 4 N–H and O–H groups in total. The van der Waals surface area contributed by atoms with E-state index in [0.717, 1.165) is 51.4 Å². The SMILES string of the molecule is CC[C@H]1[C@@H](O)[C@@H]2[C@H](CC[C@]3(C)[C@@H]([C@H](C)CCNS(=O)(=O)CC(=O)O)CC[C@@H]23)[C@@]2(C)CC[C@@H](O)C[C@@H]12. The van der Waals surface area contributed by atoms with E-state index >= 15 is 0 Å². The molecule has 0 heterocycles. The third kappa shape index (κ3) is 4.82. The van der Waals surface area contributed by atoms with Gasteiger partial charge in [-0.15, -0.1) is 0 Å². The van der Waals surface area contributed by atoms with Gasteiger partial charge in [0.1, 0.15) is 0 Å². The minimum atomic E-state index is -3.79. The first-order valence-corrected chi connectivity index (χ1v) is 15.5. The van der Waals surface area contributed by atoms with Gasteiger partial charge in [-0.05, 0) is 104 Å². The summed E-state index contributed by atoms with van der Waals surface area (Å²) in [5.74, 6) is 0.508. The summed E-state index contributed by atoms with van der Waals surface area (Å²) in [6.45, 7) is 9.55. The number of carbonyl (C=O) groups is 1. The highest BCUT2D eigenvalue weighted by Gasteiger charge is 2.64. The average molecular weight is 514 g/mol. The van der Waals surface area contributed by atoms with Gasteiger partial charge >= 0.3 is 5.97 Å². The Balaban J connectivity index is 1.49. The predicted molar refractivity (Wildman–Crippen MR) is 135 cm³/mol. The number of rotatable bonds is 8. The van der Waals surface area contributed by atoms with E-state index in [4.69, 9.17) is 5.11 Å². The van der Waals surface area contributed by atoms with Gasteiger partial charge < -0.3 is 15.3 Å². The second-order valence-corrected chi connectivity index (χ2v) is 14.7. The minimum absolute atomic E-state index is 0.136. The maximum atomic E-state index is 11.9. The molecule has 4 saturated carbocycles. The third-order valence-corrected chi connectivity index (χ3v) is 12.7. The number of aliphatic hydroxyl groups excluding tert-OH is 2. The third-order valence-electron chi connectivity index (χ3n) is 11.4. The number of aliphatic hydroxyl groups is 2. The number of hydrogen-bond donors (Lipinski definition) is 4. The van der Waals surface area contributed by atoms with E-state index in [1.54, 1.807) is 0 Å². The molecule has 8 heteroatoms. The zero-order valence-electron chi connectivity index (χ0n) is 21.9. The summed E-state index contributed by atoms with van der Waals surface area (Å²) in [4.78, 5) is 10.8. The van der Waals surface area contributed by atoms with Gasteiger partial charge in [-0.1, -0.05) is 34.1 Å². The van der Waals surface area contributed by atoms with Crippen LogP contribution in [0.15, 0.2) is 0 Å². The molecule has 202 valence electrons. The molecule has 7 nitrogen and oxygen atoms in total. The van der Waals surface area contributed by atoms with Gasteiger partial charge in [-0.3, -0.25) is 4.79 Å². The second kappa shape index (κ2) is 9.88. The van der Waals surface area contributed by atoms with E-state index in [9.17, 15) is 23.4 Å². The van der Waals surface area contributed by atoms with E-state index < -0.39 is 21.7 Å². The van der Waals surface area contributed by atoms with Crippen molar-refractivity contribution in [1.82, 2.24) is 4.72 Å². The number of carboxylic acid groups (broad SMARTS) is 1. The molecule has 0 aromatic heterocycles. The van der Waals surface area contributed by atoms with Gasteiger partial charge in [0.05, 0.1) is 12.2 Å². The van der Waals surface area contributed by atoms with Crippen LogP contribution in [0.5, 0.6) is 0 Å². The fourth-order valence-corrected chi connectivity index (χ4v) is 10.6. The topological polar surface area (TPSA) is 124 Å². The molecule has 0 spiro atoms. The standard InChI is InChI=1S/C27H47NO6S/c1-5-18-22-14-17(29)8-11-27(22,4)21-9-12-26(3)19(6-7-20(26)24(21)25(18)32)16(2)10-13-28-35(33,34)15-23(30)31/h16-22,24-25,28-29,32H,5-15H2,1-4H3,(H,30,31)/t16-,17-,18-,19-,20+,21+,22+,24+,25-,26-,27-/m1/s1. The van der Waals surface area contributed by atoms with Crippen LogP contribution in [0, 0.1) is 52.3 Å². The van der Waals surface area contributed by atoms with Crippen molar-refractivity contribution < 1.29 is 28.5 Å². The number of nitrogens with one attached hydrogen (secondary N) is 1. The Hall–Kier alpha value is -0.700. The van der Waals surface area contributed by atoms with E-state index in [0.29, 0.717) is 41.9 Å². The van der Waals surface area contributed by atoms with Crippen LogP contribution in [0.3, 0.4) is 0 Å². The van der Waals surface area contributed by atoms with Crippen LogP contribution in [0.1, 0.15) is 85.5 Å². The molecular formula is C27H47NO6S. The number of sulfonamides is 1. The van der Waals surface area contributed by atoms with Crippen molar-refractivity contribution in [3.63, 3.8) is 0 Å². The molecule has 0 aromatic rings. The second-order valence-electron chi connectivity index (χ2n) is 12.9. The largest absolute Gasteiger partial charge is 0.480 e. The smallest absolute Gasteiger partial charge is 0.320 e. The van der Waals surface area contributed by atoms with Gasteiger partial charge in [-0.2, -0.15) is 0 Å². The van der Waals surface area contributed by atoms with Crippen molar-refractivity contribution in [1.29, 1.82) is 0 Å². The Bertz CT molecular complexity index is 894. The molecule has 0 amide bonds. The van der Waals surface area contributed by atoms with Gasteiger partial charge in [0, 0.05) is 6.54 Å². The summed E-state index contributed by atoms with van der Waals surface area (Å²) in [7, 11) is -3.79. The highest BCUT2D eigenvalue weighted by molar-refractivity contribution is 7.90. The molecular weight excluding hydrogens is 466 g/mol. The van der Waals surface area contributed by atoms with Gasteiger partial charge in [-0.25, -0.2) is 13.1 Å². The van der Waals surface area contributed by atoms with Crippen LogP contribution < -0.4 is 4.72 Å². The maximum Gasteiger partial charge on any atom is 0.320 e. The predicted octanol–water partition coefficient (Wildman–Crippen LogP) is 3.64. The van der Waals surface area contributed by atoms with Crippen LogP contribution in [-0.4, -0.2) is 54.2 Å². The first-order valence-electron chi connectivity index (χ1n) is 13.9. The monoisotopic (exact) mass is 513 g/mol. The Morgan fingerprint density at radius 3 is 2.34 bits per heavy atom. The van der Waals surface area contributed by atoms with Gasteiger partial charge in [0.25, 0.3) is 0 Å². The van der Waals surface area contributed by atoms with Crippen molar-refractivity contribution in [2.75, 3.05) is 12.3 Å². The molecule has 4 fully saturated rings. The van der Waals surface area contributed by atoms with E-state index in [2.05, 4.69) is 32.4 Å². The van der Waals surface area contributed by atoms with Crippen molar-refractivity contribution >= 4 is 16.0 Å². The summed E-state index contributed by atoms with van der Waals surface area (Å²) in [6, 6.07) is 0. The molecule has 35 heavy (non-hydrogen) atoms. The number of carboxylic acids is 1. The Labute approximate surface area is 211 Å². The first-order chi connectivity index (χ1) is 16.3. The molecule has 4 rings (SSSR count). The fourth-order valence-electron chi connectivity index (χ4n) is 9.79. The van der Waals surface area contributed by atoms with E-state index in [-0.39, 0.29) is 35.5 Å². The highest BCUT2D eigenvalue weighted by Crippen LogP contribution is 2.69. The lowest BCUT2D eigenvalue weighted by atomic mass is 9.41. The first kappa shape index (κ1) is 27.3. The highest BCUT2D eigenvalue weighted by atomic mass is 32.2. The lowest BCUT2D eigenvalue weighted by molar-refractivity contribution is -0.203.